The molecular formula is C20H18N2. The van der Waals surface area contributed by atoms with Gasteiger partial charge in [-0.25, -0.2) is 0 Å². The number of rotatable bonds is 4. The van der Waals surface area contributed by atoms with Crippen LogP contribution in [0.1, 0.15) is 11.3 Å². The Kier molecular flexibility index (Phi) is 3.37. The Balaban J connectivity index is 1.45. The lowest BCUT2D eigenvalue weighted by molar-refractivity contribution is 0.684. The van der Waals surface area contributed by atoms with Crippen molar-refractivity contribution in [2.45, 2.75) is 13.1 Å². The van der Waals surface area contributed by atoms with Gasteiger partial charge in [-0.05, 0) is 39.9 Å². The van der Waals surface area contributed by atoms with E-state index in [9.17, 15) is 0 Å². The van der Waals surface area contributed by atoms with Gasteiger partial charge in [0.15, 0.2) is 0 Å². The maximum Gasteiger partial charge on any atom is 0.0456 e. The Morgan fingerprint density at radius 3 is 2.32 bits per heavy atom. The highest BCUT2D eigenvalue weighted by molar-refractivity contribution is 5.83. The monoisotopic (exact) mass is 286 g/mol. The van der Waals surface area contributed by atoms with Crippen molar-refractivity contribution in [3.05, 3.63) is 84.1 Å². The van der Waals surface area contributed by atoms with Crippen molar-refractivity contribution in [1.29, 1.82) is 0 Å². The molecule has 0 aliphatic carbocycles. The topological polar surface area (TPSA) is 27.8 Å². The van der Waals surface area contributed by atoms with Gasteiger partial charge in [-0.2, -0.15) is 0 Å². The zero-order chi connectivity index (χ0) is 14.8. The van der Waals surface area contributed by atoms with Crippen molar-refractivity contribution in [2.75, 3.05) is 0 Å². The van der Waals surface area contributed by atoms with Crippen LogP contribution in [0.3, 0.4) is 0 Å². The maximum atomic E-state index is 3.51. The summed E-state index contributed by atoms with van der Waals surface area (Å²) in [4.78, 5) is 3.45. The standard InChI is InChI=1S/C20H18N2/c1-2-6-17-11-15(9-10-16(17)5-1)13-21-14-19-12-18-7-3-4-8-20(18)22-19/h1-12,21-22H,13-14H2. The lowest BCUT2D eigenvalue weighted by Crippen LogP contribution is -2.12. The van der Waals surface area contributed by atoms with Gasteiger partial charge in [0.05, 0.1) is 0 Å². The molecule has 2 N–H and O–H groups in total. The van der Waals surface area contributed by atoms with E-state index in [0.29, 0.717) is 0 Å². The Labute approximate surface area is 129 Å². The number of aromatic amines is 1. The highest BCUT2D eigenvalue weighted by Crippen LogP contribution is 2.16. The highest BCUT2D eigenvalue weighted by atomic mass is 14.9. The number of nitrogens with one attached hydrogen (secondary N) is 2. The largest absolute Gasteiger partial charge is 0.357 e. The molecule has 0 fully saturated rings. The molecule has 0 unspecified atom stereocenters. The number of hydrogen-bond acceptors (Lipinski definition) is 1. The van der Waals surface area contributed by atoms with Crippen molar-refractivity contribution in [3.8, 4) is 0 Å². The van der Waals surface area contributed by atoms with Gasteiger partial charge in [-0.3, -0.25) is 0 Å². The Hall–Kier alpha value is -2.58. The van der Waals surface area contributed by atoms with Crippen LogP contribution in [0.4, 0.5) is 0 Å². The second-order valence-electron chi connectivity index (χ2n) is 5.67. The van der Waals surface area contributed by atoms with Crippen LogP contribution in [-0.4, -0.2) is 4.98 Å². The zero-order valence-corrected chi connectivity index (χ0v) is 12.3. The van der Waals surface area contributed by atoms with E-state index in [0.717, 1.165) is 13.1 Å². The quantitative estimate of drug-likeness (QED) is 0.563. The fourth-order valence-electron chi connectivity index (χ4n) is 2.92. The maximum absolute atomic E-state index is 3.51. The SMILES string of the molecule is c1ccc2cc(CNCc3cc4ccccc4[nH]3)ccc2c1. The van der Waals surface area contributed by atoms with Crippen LogP contribution in [0, 0.1) is 0 Å². The predicted octanol–water partition coefficient (Wildman–Crippen LogP) is 4.61. The van der Waals surface area contributed by atoms with Gasteiger partial charge in [-0.15, -0.1) is 0 Å². The number of H-pyrrole nitrogens is 1. The smallest absolute Gasteiger partial charge is 0.0456 e. The third-order valence-electron chi connectivity index (χ3n) is 4.04. The molecule has 2 nitrogen and oxygen atoms in total. The summed E-state index contributed by atoms with van der Waals surface area (Å²) in [5.41, 5.74) is 3.74. The number of benzene rings is 3. The number of para-hydroxylation sites is 1. The van der Waals surface area contributed by atoms with E-state index >= 15 is 0 Å². The van der Waals surface area contributed by atoms with Gasteiger partial charge in [0.25, 0.3) is 0 Å². The third-order valence-corrected chi connectivity index (χ3v) is 4.04. The minimum Gasteiger partial charge on any atom is -0.357 e. The molecule has 0 aliphatic heterocycles. The van der Waals surface area contributed by atoms with Gasteiger partial charge in [-0.1, -0.05) is 54.6 Å². The summed E-state index contributed by atoms with van der Waals surface area (Å²) in [7, 11) is 0. The lowest BCUT2D eigenvalue weighted by atomic mass is 10.1. The summed E-state index contributed by atoms with van der Waals surface area (Å²) in [5, 5.41) is 7.37. The molecule has 0 spiro atoms. The summed E-state index contributed by atoms with van der Waals surface area (Å²) in [5.74, 6) is 0. The lowest BCUT2D eigenvalue weighted by Gasteiger charge is -2.05. The zero-order valence-electron chi connectivity index (χ0n) is 12.3. The van der Waals surface area contributed by atoms with E-state index in [4.69, 9.17) is 0 Å². The summed E-state index contributed by atoms with van der Waals surface area (Å²) in [6.45, 7) is 1.72. The van der Waals surface area contributed by atoms with Crippen LogP contribution < -0.4 is 5.32 Å². The second-order valence-corrected chi connectivity index (χ2v) is 5.67. The molecule has 0 saturated carbocycles. The van der Waals surface area contributed by atoms with Crippen molar-refractivity contribution in [1.82, 2.24) is 10.3 Å². The summed E-state index contributed by atoms with van der Waals surface area (Å²) < 4.78 is 0. The van der Waals surface area contributed by atoms with E-state index in [1.807, 2.05) is 0 Å². The Bertz CT molecular complexity index is 888. The number of hydrogen-bond donors (Lipinski definition) is 2. The molecule has 0 saturated heterocycles. The van der Waals surface area contributed by atoms with E-state index in [-0.39, 0.29) is 0 Å². The van der Waals surface area contributed by atoms with Gasteiger partial charge >= 0.3 is 0 Å². The van der Waals surface area contributed by atoms with Crippen molar-refractivity contribution in [2.24, 2.45) is 0 Å². The van der Waals surface area contributed by atoms with Gasteiger partial charge in [0, 0.05) is 24.3 Å². The first-order valence-electron chi connectivity index (χ1n) is 7.63. The normalized spacial score (nSPS) is 11.3. The molecule has 22 heavy (non-hydrogen) atoms. The molecule has 0 amide bonds. The van der Waals surface area contributed by atoms with Crippen LogP contribution in [0.5, 0.6) is 0 Å². The second kappa shape index (κ2) is 5.66. The minimum atomic E-state index is 0.849. The predicted molar refractivity (Wildman–Crippen MR) is 92.8 cm³/mol. The number of aromatic nitrogens is 1. The molecular weight excluding hydrogens is 268 g/mol. The molecule has 108 valence electrons. The van der Waals surface area contributed by atoms with Crippen LogP contribution in [0.25, 0.3) is 21.7 Å². The summed E-state index contributed by atoms with van der Waals surface area (Å²) in [6, 6.07) is 25.7. The van der Waals surface area contributed by atoms with Crippen molar-refractivity contribution >= 4 is 21.7 Å². The highest BCUT2D eigenvalue weighted by Gasteiger charge is 2.00. The first kappa shape index (κ1) is 13.1. The average Bonchev–Trinajstić information content (AvgIpc) is 2.97. The van der Waals surface area contributed by atoms with Gasteiger partial charge < -0.3 is 10.3 Å². The summed E-state index contributed by atoms with van der Waals surface area (Å²) >= 11 is 0. The molecule has 3 aromatic carbocycles. The first-order chi connectivity index (χ1) is 10.9. The summed E-state index contributed by atoms with van der Waals surface area (Å²) in [6.07, 6.45) is 0. The third kappa shape index (κ3) is 2.61. The molecule has 1 aromatic heterocycles. The minimum absolute atomic E-state index is 0.849. The van der Waals surface area contributed by atoms with E-state index in [1.165, 1.54) is 32.9 Å². The molecule has 2 heteroatoms. The number of fused-ring (bicyclic) bond motifs is 2. The molecule has 0 bridgehead atoms. The first-order valence-corrected chi connectivity index (χ1v) is 7.63. The fraction of sp³-hybridized carbons (Fsp3) is 0.100. The van der Waals surface area contributed by atoms with E-state index in [1.54, 1.807) is 0 Å². The molecule has 0 atom stereocenters. The average molecular weight is 286 g/mol. The van der Waals surface area contributed by atoms with Crippen LogP contribution >= 0.6 is 0 Å². The van der Waals surface area contributed by atoms with E-state index < -0.39 is 0 Å². The molecule has 0 radical (unpaired) electrons. The van der Waals surface area contributed by atoms with E-state index in [2.05, 4.69) is 83.1 Å². The Morgan fingerprint density at radius 1 is 0.682 bits per heavy atom. The van der Waals surface area contributed by atoms with Crippen LogP contribution in [-0.2, 0) is 13.1 Å². The molecule has 4 aromatic rings. The Morgan fingerprint density at radius 2 is 1.45 bits per heavy atom. The fourth-order valence-corrected chi connectivity index (χ4v) is 2.92. The van der Waals surface area contributed by atoms with Crippen molar-refractivity contribution < 1.29 is 0 Å². The van der Waals surface area contributed by atoms with Gasteiger partial charge in [0.1, 0.15) is 0 Å². The van der Waals surface area contributed by atoms with Crippen LogP contribution in [0.2, 0.25) is 0 Å². The molecule has 1 heterocycles. The van der Waals surface area contributed by atoms with Crippen molar-refractivity contribution in [3.63, 3.8) is 0 Å². The van der Waals surface area contributed by atoms with Crippen LogP contribution in [0.15, 0.2) is 72.8 Å². The molecule has 4 rings (SSSR count). The van der Waals surface area contributed by atoms with Gasteiger partial charge in [0.2, 0.25) is 0 Å². The molecule has 0 aliphatic rings.